The van der Waals surface area contributed by atoms with Crippen molar-refractivity contribution in [1.29, 1.82) is 0 Å². The molecular weight excluding hydrogens is 226 g/mol. The van der Waals surface area contributed by atoms with Gasteiger partial charge in [0.2, 0.25) is 8.24 Å². The number of hydrogen-bond acceptors (Lipinski definition) is 1. The van der Waals surface area contributed by atoms with Crippen LogP contribution in [0, 0.1) is 0 Å². The van der Waals surface area contributed by atoms with Gasteiger partial charge in [0.1, 0.15) is 0 Å². The summed E-state index contributed by atoms with van der Waals surface area (Å²) >= 11 is 0. The highest BCUT2D eigenvalue weighted by atomic mass is 28.3. The van der Waals surface area contributed by atoms with E-state index in [1.165, 1.54) is 17.0 Å². The Hall–Kier alpha value is -0.416. The zero-order chi connectivity index (χ0) is 12.4. The van der Waals surface area contributed by atoms with E-state index in [-0.39, 0.29) is 0 Å². The second-order valence-corrected chi connectivity index (χ2v) is 15.8. The van der Waals surface area contributed by atoms with E-state index < -0.39 is 16.3 Å². The molecule has 16 heavy (non-hydrogen) atoms. The Balaban J connectivity index is 2.77. The maximum absolute atomic E-state index is 5.05. The molecule has 1 aliphatic rings. The minimum atomic E-state index is -1.55. The Bertz CT molecular complexity index is 343. The number of nitrogens with zero attached hydrogens (tertiary/aromatic N) is 1. The second-order valence-electron chi connectivity index (χ2n) is 6.44. The Morgan fingerprint density at radius 2 is 1.88 bits per heavy atom. The van der Waals surface area contributed by atoms with E-state index in [1.807, 2.05) is 0 Å². The van der Waals surface area contributed by atoms with Crippen molar-refractivity contribution < 1.29 is 0 Å². The van der Waals surface area contributed by atoms with Crippen LogP contribution < -0.4 is 0 Å². The van der Waals surface area contributed by atoms with E-state index in [0.717, 1.165) is 6.42 Å². The van der Waals surface area contributed by atoms with Gasteiger partial charge in [-0.05, 0) is 43.4 Å². The van der Waals surface area contributed by atoms with E-state index in [1.54, 1.807) is 0 Å². The standard InChI is InChI=1S/C13H25NSi2/c1-12(11-15(2,3)4)14-16(5,6)13-9-7-8-10-13/h7,9-10H,8,11H2,1-6H3/b14-12+. The van der Waals surface area contributed by atoms with Crippen LogP contribution in [0.4, 0.5) is 0 Å². The number of hydrogen-bond donors (Lipinski definition) is 0. The van der Waals surface area contributed by atoms with E-state index >= 15 is 0 Å². The quantitative estimate of drug-likeness (QED) is 0.518. The maximum Gasteiger partial charge on any atom is 0.205 e. The summed E-state index contributed by atoms with van der Waals surface area (Å²) in [5.74, 6) is 0. The summed E-state index contributed by atoms with van der Waals surface area (Å²) in [6.07, 6.45) is 7.97. The van der Waals surface area contributed by atoms with E-state index in [2.05, 4.69) is 57.9 Å². The third-order valence-corrected chi connectivity index (χ3v) is 7.03. The van der Waals surface area contributed by atoms with Gasteiger partial charge in [-0.1, -0.05) is 37.9 Å². The molecule has 0 aromatic carbocycles. The van der Waals surface area contributed by atoms with Gasteiger partial charge in [0.05, 0.1) is 8.07 Å². The molecule has 0 aliphatic heterocycles. The third kappa shape index (κ3) is 4.22. The van der Waals surface area contributed by atoms with E-state index in [4.69, 9.17) is 4.66 Å². The van der Waals surface area contributed by atoms with Crippen molar-refractivity contribution in [3.05, 3.63) is 23.4 Å². The Labute approximate surface area is 102 Å². The Kier molecular flexibility index (Phi) is 4.13. The van der Waals surface area contributed by atoms with Crippen molar-refractivity contribution in [2.45, 2.75) is 52.1 Å². The van der Waals surface area contributed by atoms with E-state index in [0.29, 0.717) is 0 Å². The van der Waals surface area contributed by atoms with Crippen molar-refractivity contribution in [3.63, 3.8) is 0 Å². The summed E-state index contributed by atoms with van der Waals surface area (Å²) in [7, 11) is -2.55. The zero-order valence-corrected chi connectivity index (χ0v) is 13.6. The number of rotatable bonds is 4. The molecule has 0 saturated carbocycles. The molecule has 0 aromatic heterocycles. The first kappa shape index (κ1) is 13.6. The van der Waals surface area contributed by atoms with Crippen LogP contribution in [0.25, 0.3) is 0 Å². The monoisotopic (exact) mass is 251 g/mol. The summed E-state index contributed by atoms with van der Waals surface area (Å²) in [6.45, 7) is 14.1. The molecule has 1 rings (SSSR count). The molecule has 0 fully saturated rings. The molecule has 0 N–H and O–H groups in total. The highest BCUT2D eigenvalue weighted by Crippen LogP contribution is 2.23. The van der Waals surface area contributed by atoms with Crippen molar-refractivity contribution >= 4 is 22.0 Å². The SMILES string of the molecule is C/C(C[Si](C)(C)C)=N\[Si](C)(C)C1=CCC=C1. The first-order valence-electron chi connectivity index (χ1n) is 6.13. The zero-order valence-electron chi connectivity index (χ0n) is 11.6. The van der Waals surface area contributed by atoms with Gasteiger partial charge >= 0.3 is 0 Å². The summed E-state index contributed by atoms with van der Waals surface area (Å²) in [5.41, 5.74) is 1.37. The Morgan fingerprint density at radius 3 is 2.31 bits per heavy atom. The molecule has 90 valence electrons. The molecule has 1 nitrogen and oxygen atoms in total. The lowest BCUT2D eigenvalue weighted by Crippen LogP contribution is -2.30. The van der Waals surface area contributed by atoms with Crippen LogP contribution in [0.2, 0.25) is 38.8 Å². The largest absolute Gasteiger partial charge is 0.325 e. The van der Waals surface area contributed by atoms with Crippen LogP contribution in [0.5, 0.6) is 0 Å². The lowest BCUT2D eigenvalue weighted by atomic mass is 10.5. The molecular formula is C13H25NSi2. The predicted octanol–water partition coefficient (Wildman–Crippen LogP) is 4.42. The fraction of sp³-hybridized carbons (Fsp3) is 0.615. The van der Waals surface area contributed by atoms with Crippen molar-refractivity contribution in [1.82, 2.24) is 0 Å². The van der Waals surface area contributed by atoms with Gasteiger partial charge in [0.15, 0.2) is 0 Å². The fourth-order valence-electron chi connectivity index (χ4n) is 2.26. The molecule has 0 unspecified atom stereocenters. The normalized spacial score (nSPS) is 17.9. The van der Waals surface area contributed by atoms with Crippen LogP contribution in [0.3, 0.4) is 0 Å². The molecule has 0 bridgehead atoms. The summed E-state index contributed by atoms with van der Waals surface area (Å²) in [5, 5.41) is 1.50. The molecule has 3 heteroatoms. The molecule has 0 heterocycles. The number of allylic oxidation sites excluding steroid dienone is 4. The highest BCUT2D eigenvalue weighted by molar-refractivity contribution is 6.85. The minimum absolute atomic E-state index is 1.01. The molecule has 0 spiro atoms. The van der Waals surface area contributed by atoms with Crippen molar-refractivity contribution in [2.75, 3.05) is 0 Å². The van der Waals surface area contributed by atoms with Gasteiger partial charge in [-0.2, -0.15) is 0 Å². The van der Waals surface area contributed by atoms with Gasteiger partial charge in [-0.3, -0.25) is 0 Å². The van der Waals surface area contributed by atoms with Gasteiger partial charge in [0.25, 0.3) is 0 Å². The third-order valence-electron chi connectivity index (χ3n) is 2.73. The van der Waals surface area contributed by atoms with Gasteiger partial charge in [-0.15, -0.1) is 0 Å². The maximum atomic E-state index is 5.05. The van der Waals surface area contributed by atoms with Crippen LogP contribution >= 0.6 is 0 Å². The lowest BCUT2D eigenvalue weighted by Gasteiger charge is -2.22. The van der Waals surface area contributed by atoms with Gasteiger partial charge < -0.3 is 4.66 Å². The van der Waals surface area contributed by atoms with Crippen LogP contribution in [0.15, 0.2) is 28.1 Å². The second kappa shape index (κ2) is 4.84. The molecule has 1 aliphatic carbocycles. The average Bonchev–Trinajstić information content (AvgIpc) is 2.49. The summed E-state index contributed by atoms with van der Waals surface area (Å²) in [4.78, 5) is 0. The molecule has 0 aromatic rings. The van der Waals surface area contributed by atoms with Crippen LogP contribution in [0.1, 0.15) is 13.3 Å². The van der Waals surface area contributed by atoms with Crippen LogP contribution in [-0.4, -0.2) is 22.0 Å². The van der Waals surface area contributed by atoms with Crippen LogP contribution in [-0.2, 0) is 0 Å². The minimum Gasteiger partial charge on any atom is -0.325 e. The van der Waals surface area contributed by atoms with Gasteiger partial charge in [-0.25, -0.2) is 0 Å². The Morgan fingerprint density at radius 1 is 1.25 bits per heavy atom. The molecule has 0 saturated heterocycles. The summed E-state index contributed by atoms with van der Waals surface area (Å²) < 4.78 is 5.05. The topological polar surface area (TPSA) is 12.4 Å². The smallest absolute Gasteiger partial charge is 0.205 e. The first-order chi connectivity index (χ1) is 7.21. The van der Waals surface area contributed by atoms with Crippen molar-refractivity contribution in [2.24, 2.45) is 4.66 Å². The fourth-order valence-corrected chi connectivity index (χ4v) is 6.34. The summed E-state index contributed by atoms with van der Waals surface area (Å²) in [6, 6.07) is 1.24. The molecule has 0 atom stereocenters. The average molecular weight is 252 g/mol. The first-order valence-corrected chi connectivity index (χ1v) is 12.8. The molecule has 0 amide bonds. The molecule has 0 radical (unpaired) electrons. The highest BCUT2D eigenvalue weighted by Gasteiger charge is 2.26. The van der Waals surface area contributed by atoms with E-state index in [9.17, 15) is 0 Å². The predicted molar refractivity (Wildman–Crippen MR) is 80.6 cm³/mol. The van der Waals surface area contributed by atoms with Crippen molar-refractivity contribution in [3.8, 4) is 0 Å². The lowest BCUT2D eigenvalue weighted by molar-refractivity contribution is 1.43. The van der Waals surface area contributed by atoms with Gasteiger partial charge in [0, 0.05) is 0 Å².